The van der Waals surface area contributed by atoms with E-state index < -0.39 is 0 Å². The summed E-state index contributed by atoms with van der Waals surface area (Å²) in [5, 5.41) is 3.94. The number of nitrogens with one attached hydrogen (secondary N) is 1. The number of likely N-dealkylation sites (N-methyl/N-ethyl adjacent to an activating group) is 1. The van der Waals surface area contributed by atoms with Gasteiger partial charge in [0.1, 0.15) is 5.82 Å². The lowest BCUT2D eigenvalue weighted by molar-refractivity contribution is 0.0410. The molecule has 190 valence electrons. The molecule has 36 heavy (non-hydrogen) atoms. The fourth-order valence-corrected chi connectivity index (χ4v) is 5.08. The first-order chi connectivity index (χ1) is 17.6. The van der Waals surface area contributed by atoms with Crippen LogP contribution >= 0.6 is 11.8 Å². The molecule has 0 fully saturated rings. The van der Waals surface area contributed by atoms with E-state index in [9.17, 15) is 4.79 Å². The van der Waals surface area contributed by atoms with Gasteiger partial charge in [-0.05, 0) is 55.2 Å². The fraction of sp³-hybridized carbons (Fsp3) is 0.414. The van der Waals surface area contributed by atoms with E-state index in [0.29, 0.717) is 29.7 Å². The minimum Gasteiger partial charge on any atom is -0.368 e. The summed E-state index contributed by atoms with van der Waals surface area (Å²) in [5.74, 6) is 1.32. The van der Waals surface area contributed by atoms with Crippen molar-refractivity contribution >= 4 is 23.4 Å². The average molecular weight is 505 g/mol. The summed E-state index contributed by atoms with van der Waals surface area (Å²) < 4.78 is 6.31. The summed E-state index contributed by atoms with van der Waals surface area (Å²) in [5.41, 5.74) is 4.29. The minimum absolute atomic E-state index is 0.00659. The van der Waals surface area contributed by atoms with Crippen molar-refractivity contribution in [1.82, 2.24) is 15.3 Å². The highest BCUT2D eigenvalue weighted by Gasteiger charge is 2.23. The van der Waals surface area contributed by atoms with Crippen molar-refractivity contribution in [3.05, 3.63) is 83.0 Å². The van der Waals surface area contributed by atoms with Crippen LogP contribution in [0.1, 0.15) is 52.4 Å². The molecule has 0 spiro atoms. The Morgan fingerprint density at radius 2 is 1.94 bits per heavy atom. The molecule has 0 bridgehead atoms. The second kappa shape index (κ2) is 13.0. The maximum Gasteiger partial charge on any atom is 0.189 e. The van der Waals surface area contributed by atoms with Crippen molar-refractivity contribution in [3.8, 4) is 0 Å². The van der Waals surface area contributed by atoms with Crippen LogP contribution in [0.4, 0.5) is 5.82 Å². The summed E-state index contributed by atoms with van der Waals surface area (Å²) in [6.45, 7) is 2.19. The van der Waals surface area contributed by atoms with E-state index in [-0.39, 0.29) is 11.9 Å². The predicted octanol–water partition coefficient (Wildman–Crippen LogP) is 5.34. The van der Waals surface area contributed by atoms with Crippen LogP contribution in [-0.2, 0) is 17.8 Å². The number of nitrogens with zero attached hydrogens (tertiary/aromatic N) is 3. The second-order valence-electron chi connectivity index (χ2n) is 9.42. The van der Waals surface area contributed by atoms with Gasteiger partial charge in [0.25, 0.3) is 0 Å². The van der Waals surface area contributed by atoms with E-state index in [1.807, 2.05) is 38.6 Å². The number of carbonyl (C=O) groups is 1. The van der Waals surface area contributed by atoms with Gasteiger partial charge in [-0.3, -0.25) is 4.79 Å². The minimum atomic E-state index is 0.00659. The lowest BCUT2D eigenvalue weighted by Gasteiger charge is -2.22. The van der Waals surface area contributed by atoms with E-state index >= 15 is 0 Å². The van der Waals surface area contributed by atoms with E-state index in [2.05, 4.69) is 56.6 Å². The Balaban J connectivity index is 1.40. The molecule has 4 rings (SSSR count). The van der Waals surface area contributed by atoms with Gasteiger partial charge in [0, 0.05) is 32.8 Å². The maximum absolute atomic E-state index is 13.0. The lowest BCUT2D eigenvalue weighted by atomic mass is 9.90. The number of anilines is 1. The number of carbonyl (C=O) groups excluding carboxylic acids is 1. The molecule has 3 aromatic rings. The molecule has 1 N–H and O–H groups in total. The van der Waals surface area contributed by atoms with Gasteiger partial charge in [0.2, 0.25) is 0 Å². The highest BCUT2D eigenvalue weighted by molar-refractivity contribution is 7.98. The third-order valence-electron chi connectivity index (χ3n) is 6.77. The summed E-state index contributed by atoms with van der Waals surface area (Å²) >= 11 is 1.50. The zero-order valence-corrected chi connectivity index (χ0v) is 22.3. The molecular weight excluding hydrogens is 468 g/mol. The molecular formula is C29H36N4O2S. The Kier molecular flexibility index (Phi) is 9.50. The fourth-order valence-electron chi connectivity index (χ4n) is 4.75. The molecule has 0 radical (unpaired) electrons. The Morgan fingerprint density at radius 1 is 1.14 bits per heavy atom. The van der Waals surface area contributed by atoms with Crippen molar-refractivity contribution < 1.29 is 9.53 Å². The number of Topliss-reactive ketones (excluding diaryl/α,β-unsaturated/α-hetero) is 1. The summed E-state index contributed by atoms with van der Waals surface area (Å²) in [6.07, 6.45) is 7.03. The summed E-state index contributed by atoms with van der Waals surface area (Å²) in [4.78, 5) is 24.1. The molecule has 2 unspecified atom stereocenters. The van der Waals surface area contributed by atoms with Gasteiger partial charge in [0.15, 0.2) is 10.9 Å². The van der Waals surface area contributed by atoms with E-state index in [0.717, 1.165) is 38.2 Å². The largest absolute Gasteiger partial charge is 0.368 e. The van der Waals surface area contributed by atoms with Crippen LogP contribution in [0, 0.1) is 5.92 Å². The SMILES string of the molecule is CNCC(OCc1cccc(CC2CCC(=O)c3cnc(SC)nc3N(C)CC2)c1)c1ccccc1. The number of hydrogen-bond acceptors (Lipinski definition) is 7. The first-order valence-corrected chi connectivity index (χ1v) is 13.8. The predicted molar refractivity (Wildman–Crippen MR) is 147 cm³/mol. The number of thioether (sulfide) groups is 1. The Bertz CT molecular complexity index is 1140. The number of ether oxygens (including phenoxy) is 1. The summed E-state index contributed by atoms with van der Waals surface area (Å²) in [7, 11) is 3.98. The first-order valence-electron chi connectivity index (χ1n) is 12.6. The third-order valence-corrected chi connectivity index (χ3v) is 7.33. The van der Waals surface area contributed by atoms with Crippen LogP contribution in [0.25, 0.3) is 0 Å². The molecule has 2 atom stereocenters. The number of rotatable bonds is 9. The molecule has 0 amide bonds. The zero-order valence-electron chi connectivity index (χ0n) is 21.4. The Labute approximate surface area is 218 Å². The highest BCUT2D eigenvalue weighted by atomic mass is 32.2. The highest BCUT2D eigenvalue weighted by Crippen LogP contribution is 2.28. The van der Waals surface area contributed by atoms with Crippen LogP contribution in [0.5, 0.6) is 0 Å². The van der Waals surface area contributed by atoms with E-state index in [1.54, 1.807) is 6.20 Å². The molecule has 1 aliphatic heterocycles. The van der Waals surface area contributed by atoms with Crippen LogP contribution in [0.3, 0.4) is 0 Å². The summed E-state index contributed by atoms with van der Waals surface area (Å²) in [6, 6.07) is 19.0. The molecule has 1 aromatic heterocycles. The monoisotopic (exact) mass is 504 g/mol. The van der Waals surface area contributed by atoms with Gasteiger partial charge in [0.05, 0.1) is 18.3 Å². The zero-order chi connectivity index (χ0) is 25.3. The quantitative estimate of drug-likeness (QED) is 0.312. The number of fused-ring (bicyclic) bond motifs is 1. The lowest BCUT2D eigenvalue weighted by Crippen LogP contribution is -2.23. The van der Waals surface area contributed by atoms with Gasteiger partial charge in [-0.25, -0.2) is 9.97 Å². The van der Waals surface area contributed by atoms with Crippen molar-refractivity contribution in [1.29, 1.82) is 0 Å². The maximum atomic E-state index is 13.0. The van der Waals surface area contributed by atoms with Crippen molar-refractivity contribution in [3.63, 3.8) is 0 Å². The number of hydrogen-bond donors (Lipinski definition) is 1. The van der Waals surface area contributed by atoms with Gasteiger partial charge >= 0.3 is 0 Å². The van der Waals surface area contributed by atoms with Gasteiger partial charge in [-0.15, -0.1) is 0 Å². The van der Waals surface area contributed by atoms with Crippen molar-refractivity contribution in [2.24, 2.45) is 5.92 Å². The smallest absolute Gasteiger partial charge is 0.189 e. The molecule has 2 aromatic carbocycles. The van der Waals surface area contributed by atoms with Gasteiger partial charge in [-0.1, -0.05) is 66.4 Å². The van der Waals surface area contributed by atoms with E-state index in [4.69, 9.17) is 4.74 Å². The topological polar surface area (TPSA) is 67.3 Å². The normalized spacial score (nSPS) is 17.1. The van der Waals surface area contributed by atoms with Crippen LogP contribution in [0.2, 0.25) is 0 Å². The van der Waals surface area contributed by atoms with Crippen molar-refractivity contribution in [2.75, 3.05) is 38.3 Å². The molecule has 1 aliphatic rings. The molecule has 6 nitrogen and oxygen atoms in total. The second-order valence-corrected chi connectivity index (χ2v) is 10.2. The third kappa shape index (κ3) is 6.93. The molecule has 0 saturated carbocycles. The van der Waals surface area contributed by atoms with Crippen LogP contribution in [0.15, 0.2) is 66.0 Å². The Morgan fingerprint density at radius 3 is 2.72 bits per heavy atom. The molecule has 0 aliphatic carbocycles. The van der Waals surface area contributed by atoms with Gasteiger partial charge < -0.3 is 15.0 Å². The average Bonchev–Trinajstić information content (AvgIpc) is 2.97. The number of aromatic nitrogens is 2. The Hall–Kier alpha value is -2.74. The standard InChI is InChI=1S/C29H36N4O2S/c1-30-19-27(24-10-5-4-6-11-24)35-20-23-9-7-8-22(17-23)16-21-12-13-26(34)25-18-31-29(36-3)32-28(25)33(2)15-14-21/h4-11,17-18,21,27,30H,12-16,19-20H2,1-3H3. The van der Waals surface area contributed by atoms with Crippen LogP contribution in [-0.4, -0.2) is 49.2 Å². The molecule has 2 heterocycles. The van der Waals surface area contributed by atoms with Crippen molar-refractivity contribution in [2.45, 2.75) is 43.6 Å². The molecule has 7 heteroatoms. The number of ketones is 1. The van der Waals surface area contributed by atoms with E-state index in [1.165, 1.54) is 28.5 Å². The number of benzene rings is 2. The van der Waals surface area contributed by atoms with Gasteiger partial charge in [-0.2, -0.15) is 0 Å². The van der Waals surface area contributed by atoms with Crippen LogP contribution < -0.4 is 10.2 Å². The molecule has 0 saturated heterocycles. The first kappa shape index (κ1) is 26.3.